The van der Waals surface area contributed by atoms with Crippen molar-refractivity contribution >= 4 is 57.8 Å². The van der Waals surface area contributed by atoms with Crippen molar-refractivity contribution in [2.24, 2.45) is 0 Å². The molecule has 2 heterocycles. The molecule has 0 atom stereocenters. The molecule has 0 aliphatic heterocycles. The number of hydrogen-bond acceptors (Lipinski definition) is 6. The highest BCUT2D eigenvalue weighted by Crippen LogP contribution is 2.35. The molecule has 0 fully saturated rings. The minimum Gasteiger partial charge on any atom is -0.457 e. The van der Waals surface area contributed by atoms with E-state index in [2.05, 4.69) is 15.3 Å². The molecule has 152 valence electrons. The van der Waals surface area contributed by atoms with E-state index in [0.29, 0.717) is 31.9 Å². The van der Waals surface area contributed by atoms with Crippen LogP contribution in [-0.4, -0.2) is 25.7 Å². The number of thiazole rings is 1. The maximum atomic E-state index is 12.6. The summed E-state index contributed by atoms with van der Waals surface area (Å²) in [7, 11) is -4.35. The minimum absolute atomic E-state index is 0.113. The van der Waals surface area contributed by atoms with Gasteiger partial charge in [-0.05, 0) is 36.4 Å². The molecule has 0 saturated carbocycles. The first-order valence-electron chi connectivity index (χ1n) is 8.46. The quantitative estimate of drug-likeness (QED) is 0.381. The lowest BCUT2D eigenvalue weighted by atomic mass is 10.1. The van der Waals surface area contributed by atoms with Crippen molar-refractivity contribution in [3.8, 4) is 11.5 Å². The summed E-state index contributed by atoms with van der Waals surface area (Å²) in [6.07, 6.45) is 1.44. The number of ether oxygens (including phenoxy) is 1. The third-order valence-corrected chi connectivity index (χ3v) is 6.01. The topological polar surface area (TPSA) is 122 Å². The Labute approximate surface area is 179 Å². The summed E-state index contributed by atoms with van der Waals surface area (Å²) < 4.78 is 17.7. The monoisotopic (exact) mass is 461 g/mol. The predicted octanol–water partition coefficient (Wildman–Crippen LogP) is 4.19. The number of aromatic nitrogens is 2. The van der Waals surface area contributed by atoms with E-state index in [-0.39, 0.29) is 11.0 Å². The number of benzene rings is 2. The van der Waals surface area contributed by atoms with Crippen LogP contribution in [0.4, 0.5) is 5.13 Å². The zero-order valence-corrected chi connectivity index (χ0v) is 17.5. The van der Waals surface area contributed by atoms with Gasteiger partial charge in [0.05, 0.1) is 17.0 Å². The number of halogens is 1. The highest BCUT2D eigenvalue weighted by atomic mass is 35.5. The lowest BCUT2D eigenvalue weighted by Gasteiger charge is -2.12. The molecule has 0 bridgehead atoms. The molecule has 1 amide bonds. The number of carbonyl (C=O) groups is 1. The molecule has 3 N–H and O–H groups in total. The van der Waals surface area contributed by atoms with Gasteiger partial charge in [-0.3, -0.25) is 14.7 Å². The highest BCUT2D eigenvalue weighted by molar-refractivity contribution is 7.60. The minimum atomic E-state index is -4.35. The van der Waals surface area contributed by atoms with E-state index in [1.807, 2.05) is 6.07 Å². The number of amides is 1. The fourth-order valence-corrected chi connectivity index (χ4v) is 4.00. The van der Waals surface area contributed by atoms with E-state index in [0.717, 1.165) is 11.3 Å². The summed E-state index contributed by atoms with van der Waals surface area (Å²) in [5, 5.41) is 3.54. The Kier molecular flexibility index (Phi) is 5.55. The van der Waals surface area contributed by atoms with Gasteiger partial charge in [0.25, 0.3) is 5.91 Å². The number of nitrogens with zero attached hydrogens (tertiary/aromatic N) is 2. The molecule has 2 aromatic heterocycles. The van der Waals surface area contributed by atoms with Crippen LogP contribution in [0.25, 0.3) is 10.9 Å². The van der Waals surface area contributed by atoms with Gasteiger partial charge < -0.3 is 14.5 Å². The summed E-state index contributed by atoms with van der Waals surface area (Å²) in [5.74, 6) is 0.238. The number of nitrogens with one attached hydrogen (secondary N) is 1. The van der Waals surface area contributed by atoms with Gasteiger partial charge in [-0.25, -0.2) is 9.97 Å². The van der Waals surface area contributed by atoms with Crippen molar-refractivity contribution in [2.45, 2.75) is 0 Å². The molecule has 8 nitrogen and oxygen atoms in total. The normalized spacial score (nSPS) is 11.4. The maximum Gasteiger partial charge on any atom is 0.356 e. The third kappa shape index (κ3) is 4.51. The molecule has 4 rings (SSSR count). The van der Waals surface area contributed by atoms with Crippen molar-refractivity contribution in [1.82, 2.24) is 9.97 Å². The number of rotatable bonds is 5. The summed E-state index contributed by atoms with van der Waals surface area (Å²) in [5.41, 5.74) is 0.658. The average Bonchev–Trinajstić information content (AvgIpc) is 3.12. The van der Waals surface area contributed by atoms with E-state index in [1.54, 1.807) is 18.2 Å². The van der Waals surface area contributed by atoms with Crippen LogP contribution < -0.4 is 15.4 Å². The summed E-state index contributed by atoms with van der Waals surface area (Å²) in [6, 6.07) is 14.1. The fraction of sp³-hybridized carbons (Fsp3) is 0. The molecule has 0 unspecified atom stereocenters. The van der Waals surface area contributed by atoms with E-state index < -0.39 is 13.5 Å². The van der Waals surface area contributed by atoms with Gasteiger partial charge in [0.15, 0.2) is 5.13 Å². The van der Waals surface area contributed by atoms with Gasteiger partial charge in [-0.1, -0.05) is 35.1 Å². The second-order valence-electron chi connectivity index (χ2n) is 6.09. The molecule has 0 aliphatic carbocycles. The number of pyridine rings is 1. The van der Waals surface area contributed by atoms with Crippen molar-refractivity contribution in [3.05, 3.63) is 70.8 Å². The van der Waals surface area contributed by atoms with Crippen LogP contribution in [0.2, 0.25) is 4.34 Å². The molecule has 4 aromatic rings. The maximum absolute atomic E-state index is 12.6. The highest BCUT2D eigenvalue weighted by Gasteiger charge is 2.18. The number of hydrogen-bond donors (Lipinski definition) is 3. The molecule has 2 aromatic carbocycles. The molecule has 0 aliphatic rings. The summed E-state index contributed by atoms with van der Waals surface area (Å²) in [6.45, 7) is 0. The lowest BCUT2D eigenvalue weighted by molar-refractivity contribution is 0.102. The first-order valence-corrected chi connectivity index (χ1v) is 11.3. The van der Waals surface area contributed by atoms with Crippen LogP contribution in [0.15, 0.2) is 60.8 Å². The smallest absolute Gasteiger partial charge is 0.356 e. The Morgan fingerprint density at radius 3 is 2.53 bits per heavy atom. The van der Waals surface area contributed by atoms with Gasteiger partial charge in [-0.15, -0.1) is 0 Å². The molecular formula is C19H13ClN3O5PS. The third-order valence-electron chi connectivity index (χ3n) is 4.01. The van der Waals surface area contributed by atoms with Crippen LogP contribution in [0.1, 0.15) is 10.5 Å². The standard InChI is InChI=1S/C19H13ClN3O5PS/c20-17-10-21-19(30-17)23-18(24)15-9-16(13-3-1-2-4-14(13)22-15)28-11-5-7-12(8-6-11)29(25,26)27/h1-10H,(H,21,23,24)(H2,25,26,27). The van der Waals surface area contributed by atoms with E-state index in [1.165, 1.54) is 36.5 Å². The van der Waals surface area contributed by atoms with Crippen LogP contribution in [-0.2, 0) is 4.57 Å². The Morgan fingerprint density at radius 1 is 1.13 bits per heavy atom. The second-order valence-corrected chi connectivity index (χ2v) is 9.35. The number of carbonyl (C=O) groups excluding carboxylic acids is 1. The Balaban J connectivity index is 1.68. The number of anilines is 1. The van der Waals surface area contributed by atoms with E-state index >= 15 is 0 Å². The van der Waals surface area contributed by atoms with Crippen LogP contribution in [0, 0.1) is 0 Å². The Morgan fingerprint density at radius 2 is 1.87 bits per heavy atom. The first-order chi connectivity index (χ1) is 14.3. The first kappa shape index (κ1) is 20.5. The molecule has 0 spiro atoms. The van der Waals surface area contributed by atoms with Crippen molar-refractivity contribution in [1.29, 1.82) is 0 Å². The lowest BCUT2D eigenvalue weighted by Crippen LogP contribution is -2.13. The fourth-order valence-electron chi connectivity index (χ4n) is 2.65. The van der Waals surface area contributed by atoms with Crippen LogP contribution >= 0.6 is 30.5 Å². The zero-order chi connectivity index (χ0) is 21.3. The van der Waals surface area contributed by atoms with Crippen LogP contribution in [0.5, 0.6) is 11.5 Å². The molecule has 0 radical (unpaired) electrons. The van der Waals surface area contributed by atoms with Gasteiger partial charge in [0.2, 0.25) is 0 Å². The number of fused-ring (bicyclic) bond motifs is 1. The van der Waals surface area contributed by atoms with Crippen molar-refractivity contribution in [3.63, 3.8) is 0 Å². The van der Waals surface area contributed by atoms with Crippen molar-refractivity contribution < 1.29 is 23.9 Å². The van der Waals surface area contributed by atoms with Crippen molar-refractivity contribution in [2.75, 3.05) is 5.32 Å². The summed E-state index contributed by atoms with van der Waals surface area (Å²) >= 11 is 6.97. The molecule has 30 heavy (non-hydrogen) atoms. The SMILES string of the molecule is O=C(Nc1ncc(Cl)s1)c1cc(Oc2ccc(P(=O)(O)O)cc2)c2ccccc2n1. The second kappa shape index (κ2) is 8.14. The molecular weight excluding hydrogens is 449 g/mol. The van der Waals surface area contributed by atoms with Gasteiger partial charge in [-0.2, -0.15) is 0 Å². The van der Waals surface area contributed by atoms with Gasteiger partial charge >= 0.3 is 7.60 Å². The molecule has 0 saturated heterocycles. The summed E-state index contributed by atoms with van der Waals surface area (Å²) in [4.78, 5) is 39.5. The van der Waals surface area contributed by atoms with E-state index in [9.17, 15) is 19.1 Å². The van der Waals surface area contributed by atoms with E-state index in [4.69, 9.17) is 16.3 Å². The average molecular weight is 462 g/mol. The Hall–Kier alpha value is -2.81. The zero-order valence-electron chi connectivity index (χ0n) is 15.0. The molecule has 11 heteroatoms. The van der Waals surface area contributed by atoms with Gasteiger partial charge in [0, 0.05) is 11.5 Å². The van der Waals surface area contributed by atoms with Gasteiger partial charge in [0.1, 0.15) is 21.5 Å². The predicted molar refractivity (Wildman–Crippen MR) is 115 cm³/mol. The largest absolute Gasteiger partial charge is 0.457 e. The van der Waals surface area contributed by atoms with Crippen LogP contribution in [0.3, 0.4) is 0 Å². The number of para-hydroxylation sites is 1. The Bertz CT molecular complexity index is 1290.